The van der Waals surface area contributed by atoms with Gasteiger partial charge in [0.05, 0.1) is 22.1 Å². The smallest absolute Gasteiger partial charge is 0.270 e. The van der Waals surface area contributed by atoms with Crippen molar-refractivity contribution < 1.29 is 4.79 Å². The lowest BCUT2D eigenvalue weighted by atomic mass is 10.1. The van der Waals surface area contributed by atoms with E-state index in [1.807, 2.05) is 59.3 Å². The summed E-state index contributed by atoms with van der Waals surface area (Å²) in [4.78, 5) is 36.6. The molecule has 2 aromatic heterocycles. The molecule has 1 amide bonds. The largest absolute Gasteiger partial charge is 0.322 e. The summed E-state index contributed by atoms with van der Waals surface area (Å²) in [7, 11) is 0. The number of thioether (sulfide) groups is 1. The van der Waals surface area contributed by atoms with Crippen LogP contribution in [-0.2, 0) is 5.75 Å². The van der Waals surface area contributed by atoms with Gasteiger partial charge >= 0.3 is 0 Å². The number of aromatic amines is 1. The Balaban J connectivity index is 1.33. The Morgan fingerprint density at radius 1 is 1.08 bits per heavy atom. The van der Waals surface area contributed by atoms with Gasteiger partial charge in [-0.25, -0.2) is 9.97 Å². The Kier molecular flexibility index (Phi) is 7.79. The zero-order valence-corrected chi connectivity index (χ0v) is 22.4. The number of nitrogens with zero attached hydrogens (tertiary/aromatic N) is 4. The van der Waals surface area contributed by atoms with Gasteiger partial charge in [0.2, 0.25) is 0 Å². The zero-order valence-electron chi connectivity index (χ0n) is 20.1. The monoisotopic (exact) mass is 572 g/mol. The van der Waals surface area contributed by atoms with E-state index in [2.05, 4.69) is 20.3 Å². The molecule has 0 spiro atoms. The summed E-state index contributed by atoms with van der Waals surface area (Å²) < 4.78 is 1.85. The molecule has 0 aliphatic rings. The molecule has 0 atom stereocenters. The quantitative estimate of drug-likeness (QED) is 0.173. The Labute approximate surface area is 237 Å². The van der Waals surface area contributed by atoms with Crippen molar-refractivity contribution in [3.05, 3.63) is 123 Å². The summed E-state index contributed by atoms with van der Waals surface area (Å²) in [5.41, 5.74) is 3.16. The number of imidazole rings is 1. The van der Waals surface area contributed by atoms with E-state index in [1.165, 1.54) is 17.8 Å². The molecule has 0 unspecified atom stereocenters. The summed E-state index contributed by atoms with van der Waals surface area (Å²) in [6, 6.07) is 21.3. The first-order valence-corrected chi connectivity index (χ1v) is 13.3. The Bertz CT molecular complexity index is 1760. The molecule has 0 aliphatic carbocycles. The second-order valence-corrected chi connectivity index (χ2v) is 10.1. The number of H-pyrrole nitrogens is 1. The molecule has 8 nitrogen and oxygen atoms in total. The minimum absolute atomic E-state index is 0.0539. The number of anilines is 1. The minimum atomic E-state index is -0.508. The van der Waals surface area contributed by atoms with Gasteiger partial charge < -0.3 is 14.9 Å². The van der Waals surface area contributed by atoms with E-state index >= 15 is 0 Å². The van der Waals surface area contributed by atoms with Crippen molar-refractivity contribution in [1.29, 1.82) is 5.26 Å². The van der Waals surface area contributed by atoms with Crippen LogP contribution in [0.5, 0.6) is 0 Å². The van der Waals surface area contributed by atoms with Crippen molar-refractivity contribution in [3.63, 3.8) is 0 Å². The molecule has 0 fully saturated rings. The second-order valence-electron chi connectivity index (χ2n) is 8.30. The molecule has 0 radical (unpaired) electrons. The molecule has 11 heteroatoms. The molecule has 192 valence electrons. The number of aromatic nitrogens is 4. The predicted octanol–water partition coefficient (Wildman–Crippen LogP) is 6.35. The summed E-state index contributed by atoms with van der Waals surface area (Å²) in [5, 5.41) is 13.5. The van der Waals surface area contributed by atoms with E-state index in [9.17, 15) is 14.9 Å². The van der Waals surface area contributed by atoms with Crippen LogP contribution < -0.4 is 10.9 Å². The topological polar surface area (TPSA) is 116 Å². The number of hydrogen-bond acceptors (Lipinski definition) is 6. The molecule has 0 bridgehead atoms. The number of carbonyl (C=O) groups is 1. The third kappa shape index (κ3) is 6.04. The standard InChI is InChI=1S/C28H18Cl2N6O2S/c29-23-9-6-19(13-24(23)30)26(37)33-20-3-1-2-17(12-20)15-39-28-34-25(22(14-31)27(38)35-28)18-4-7-21(8-5-18)36-11-10-32-16-36/h1-13,16H,15H2,(H,33,37)(H,34,35,38). The van der Waals surface area contributed by atoms with E-state index in [-0.39, 0.29) is 11.5 Å². The molecule has 3 aromatic carbocycles. The van der Waals surface area contributed by atoms with Crippen LogP contribution in [0.3, 0.4) is 0 Å². The first kappa shape index (κ1) is 26.3. The average molecular weight is 573 g/mol. The Morgan fingerprint density at radius 2 is 1.90 bits per heavy atom. The third-order valence-electron chi connectivity index (χ3n) is 5.69. The van der Waals surface area contributed by atoms with E-state index in [1.54, 1.807) is 30.7 Å². The molecule has 5 rings (SSSR count). The van der Waals surface area contributed by atoms with Crippen molar-refractivity contribution in [3.8, 4) is 23.0 Å². The number of amides is 1. The number of nitrogens with one attached hydrogen (secondary N) is 2. The minimum Gasteiger partial charge on any atom is -0.322 e. The molecular formula is C28H18Cl2N6O2S. The Morgan fingerprint density at radius 3 is 2.62 bits per heavy atom. The van der Waals surface area contributed by atoms with Crippen molar-refractivity contribution in [2.24, 2.45) is 0 Å². The van der Waals surface area contributed by atoms with Gasteiger partial charge in [-0.1, -0.05) is 59.2 Å². The Hall–Kier alpha value is -4.36. The van der Waals surface area contributed by atoms with Crippen LogP contribution in [0.15, 0.2) is 95.4 Å². The summed E-state index contributed by atoms with van der Waals surface area (Å²) >= 11 is 13.3. The highest BCUT2D eigenvalue weighted by molar-refractivity contribution is 7.98. The molecular weight excluding hydrogens is 555 g/mol. The van der Waals surface area contributed by atoms with Crippen molar-refractivity contribution in [1.82, 2.24) is 19.5 Å². The highest BCUT2D eigenvalue weighted by Crippen LogP contribution is 2.27. The SMILES string of the molecule is N#Cc1c(-c2ccc(-n3ccnc3)cc2)nc(SCc2cccc(NC(=O)c3ccc(Cl)c(Cl)c3)c2)[nH]c1=O. The first-order chi connectivity index (χ1) is 18.9. The average Bonchev–Trinajstić information content (AvgIpc) is 3.49. The first-order valence-electron chi connectivity index (χ1n) is 11.5. The van der Waals surface area contributed by atoms with Crippen molar-refractivity contribution >= 4 is 46.6 Å². The molecule has 0 aliphatic heterocycles. The number of halogens is 2. The van der Waals surface area contributed by atoms with Gasteiger partial charge in [0.25, 0.3) is 11.5 Å². The van der Waals surface area contributed by atoms with Gasteiger partial charge in [-0.2, -0.15) is 5.26 Å². The van der Waals surface area contributed by atoms with Crippen LogP contribution in [0.1, 0.15) is 21.5 Å². The van der Waals surface area contributed by atoms with E-state index in [4.69, 9.17) is 23.2 Å². The summed E-state index contributed by atoms with van der Waals surface area (Å²) in [6.45, 7) is 0. The highest BCUT2D eigenvalue weighted by Gasteiger charge is 2.15. The van der Waals surface area contributed by atoms with Gasteiger partial charge in [-0.3, -0.25) is 9.59 Å². The lowest BCUT2D eigenvalue weighted by Crippen LogP contribution is -2.14. The van der Waals surface area contributed by atoms with Crippen LogP contribution in [0.25, 0.3) is 16.9 Å². The number of hydrogen-bond donors (Lipinski definition) is 2. The maximum Gasteiger partial charge on any atom is 0.270 e. The van der Waals surface area contributed by atoms with Crippen LogP contribution in [0.2, 0.25) is 10.0 Å². The number of benzene rings is 3. The third-order valence-corrected chi connectivity index (χ3v) is 7.38. The number of carbonyl (C=O) groups excluding carboxylic acids is 1. The van der Waals surface area contributed by atoms with Crippen LogP contribution in [0.4, 0.5) is 5.69 Å². The fraction of sp³-hybridized carbons (Fsp3) is 0.0357. The second kappa shape index (κ2) is 11.6. The number of nitriles is 1. The molecule has 2 heterocycles. The molecule has 39 heavy (non-hydrogen) atoms. The predicted molar refractivity (Wildman–Crippen MR) is 153 cm³/mol. The van der Waals surface area contributed by atoms with Crippen LogP contribution in [-0.4, -0.2) is 25.4 Å². The van der Waals surface area contributed by atoms with Gasteiger partial charge in [0.1, 0.15) is 11.6 Å². The van der Waals surface area contributed by atoms with Gasteiger partial charge in [-0.15, -0.1) is 0 Å². The van der Waals surface area contributed by atoms with E-state index in [0.29, 0.717) is 43.5 Å². The van der Waals surface area contributed by atoms with E-state index in [0.717, 1.165) is 11.3 Å². The lowest BCUT2D eigenvalue weighted by Gasteiger charge is -2.09. The summed E-state index contributed by atoms with van der Waals surface area (Å²) in [5.74, 6) is 0.143. The normalized spacial score (nSPS) is 10.7. The lowest BCUT2D eigenvalue weighted by molar-refractivity contribution is 0.102. The fourth-order valence-corrected chi connectivity index (χ4v) is 4.87. The van der Waals surface area contributed by atoms with Crippen molar-refractivity contribution in [2.45, 2.75) is 10.9 Å². The van der Waals surface area contributed by atoms with Crippen LogP contribution >= 0.6 is 35.0 Å². The summed E-state index contributed by atoms with van der Waals surface area (Å²) in [6.07, 6.45) is 5.19. The zero-order chi connectivity index (χ0) is 27.4. The maximum atomic E-state index is 12.7. The van der Waals surface area contributed by atoms with E-state index < -0.39 is 5.56 Å². The maximum absolute atomic E-state index is 12.7. The van der Waals surface area contributed by atoms with Gasteiger partial charge in [0, 0.05) is 40.6 Å². The number of rotatable bonds is 7. The van der Waals surface area contributed by atoms with Gasteiger partial charge in [-0.05, 0) is 48.0 Å². The molecule has 0 saturated heterocycles. The van der Waals surface area contributed by atoms with Gasteiger partial charge in [0.15, 0.2) is 5.16 Å². The highest BCUT2D eigenvalue weighted by atomic mass is 35.5. The fourth-order valence-electron chi connectivity index (χ4n) is 3.77. The van der Waals surface area contributed by atoms with Crippen LogP contribution in [0, 0.1) is 11.3 Å². The molecule has 0 saturated carbocycles. The molecule has 5 aromatic rings. The molecule has 2 N–H and O–H groups in total. The van der Waals surface area contributed by atoms with Crippen molar-refractivity contribution in [2.75, 3.05) is 5.32 Å².